The van der Waals surface area contributed by atoms with E-state index in [9.17, 15) is 14.3 Å². The maximum Gasteiger partial charge on any atom is 0.303 e. The summed E-state index contributed by atoms with van der Waals surface area (Å²) < 4.78 is 26.7. The van der Waals surface area contributed by atoms with Gasteiger partial charge in [-0.1, -0.05) is 49.3 Å². The molecule has 0 aliphatic heterocycles. The monoisotopic (exact) mass is 531 g/mol. The summed E-state index contributed by atoms with van der Waals surface area (Å²) in [5, 5.41) is 13.2. The fourth-order valence-electron chi connectivity index (χ4n) is 5.09. The summed E-state index contributed by atoms with van der Waals surface area (Å²) in [5.74, 6) is 0.468. The fourth-order valence-corrected chi connectivity index (χ4v) is 5.09. The largest absolute Gasteiger partial charge is 0.496 e. The standard InChI is InChI=1S/C31H34FN3O4/c1-31(2,19-34-35-33)17-22-13-23(29(38-3)15-27(22)25-9-4-5-10-28(25)32)18-39-24-8-6-7-21(14-24)26(16-30(36)37)20-11-12-20/h4-10,13-15,20,26H,11-12,16-19H2,1-3H3,(H,36,37). The number of halogens is 1. The number of benzene rings is 3. The normalized spacial score (nSPS) is 13.8. The minimum absolute atomic E-state index is 0.0226. The van der Waals surface area contributed by atoms with Gasteiger partial charge in [0.25, 0.3) is 0 Å². The lowest BCUT2D eigenvalue weighted by Crippen LogP contribution is -2.19. The molecule has 1 atom stereocenters. The molecule has 1 N–H and O–H groups in total. The van der Waals surface area contributed by atoms with E-state index in [-0.39, 0.29) is 30.2 Å². The highest BCUT2D eigenvalue weighted by atomic mass is 19.1. The van der Waals surface area contributed by atoms with Crippen molar-refractivity contribution in [2.75, 3.05) is 13.7 Å². The average molecular weight is 532 g/mol. The molecule has 4 rings (SSSR count). The molecule has 0 heterocycles. The lowest BCUT2D eigenvalue weighted by atomic mass is 9.82. The Kier molecular flexibility index (Phi) is 8.77. The predicted molar refractivity (Wildman–Crippen MR) is 148 cm³/mol. The van der Waals surface area contributed by atoms with E-state index in [1.54, 1.807) is 25.3 Å². The van der Waals surface area contributed by atoms with Crippen molar-refractivity contribution >= 4 is 5.97 Å². The first-order valence-electron chi connectivity index (χ1n) is 13.1. The fraction of sp³-hybridized carbons (Fsp3) is 0.387. The van der Waals surface area contributed by atoms with E-state index in [1.165, 1.54) is 6.07 Å². The van der Waals surface area contributed by atoms with Crippen molar-refractivity contribution < 1.29 is 23.8 Å². The molecule has 0 amide bonds. The zero-order chi connectivity index (χ0) is 28.0. The van der Waals surface area contributed by atoms with Crippen molar-refractivity contribution in [2.45, 2.75) is 52.1 Å². The maximum absolute atomic E-state index is 14.9. The Hall–Kier alpha value is -4.03. The molecule has 1 unspecified atom stereocenters. The number of carbonyl (C=O) groups is 1. The molecule has 7 nitrogen and oxygen atoms in total. The number of ether oxygens (including phenoxy) is 2. The van der Waals surface area contributed by atoms with E-state index in [4.69, 9.17) is 15.0 Å². The van der Waals surface area contributed by atoms with Crippen LogP contribution in [0, 0.1) is 17.2 Å². The third-order valence-corrected chi connectivity index (χ3v) is 7.17. The van der Waals surface area contributed by atoms with Crippen molar-refractivity contribution in [1.82, 2.24) is 0 Å². The van der Waals surface area contributed by atoms with Gasteiger partial charge < -0.3 is 14.6 Å². The van der Waals surface area contributed by atoms with Crippen molar-refractivity contribution in [3.05, 3.63) is 93.6 Å². The quantitative estimate of drug-likeness (QED) is 0.137. The van der Waals surface area contributed by atoms with Crippen LogP contribution in [0.1, 0.15) is 55.7 Å². The van der Waals surface area contributed by atoms with Crippen LogP contribution >= 0.6 is 0 Å². The smallest absolute Gasteiger partial charge is 0.303 e. The molecule has 1 aliphatic carbocycles. The molecule has 0 saturated heterocycles. The SMILES string of the molecule is COc1cc(-c2ccccc2F)c(CC(C)(C)CN=[N+]=[N-])cc1COc1cccc(C(CC(=O)O)C2CC2)c1. The van der Waals surface area contributed by atoms with Gasteiger partial charge in [0, 0.05) is 22.6 Å². The zero-order valence-electron chi connectivity index (χ0n) is 22.6. The number of methoxy groups -OCH3 is 1. The number of rotatable bonds is 13. The third kappa shape index (κ3) is 7.30. The molecule has 0 bridgehead atoms. The highest BCUT2D eigenvalue weighted by Gasteiger charge is 2.34. The summed E-state index contributed by atoms with van der Waals surface area (Å²) in [6, 6.07) is 18.1. The zero-order valence-corrected chi connectivity index (χ0v) is 22.6. The van der Waals surface area contributed by atoms with Gasteiger partial charge in [0.15, 0.2) is 0 Å². The number of nitrogens with zero attached hydrogens (tertiary/aromatic N) is 3. The van der Waals surface area contributed by atoms with Gasteiger partial charge in [-0.15, -0.1) is 0 Å². The first kappa shape index (κ1) is 28.0. The van der Waals surface area contributed by atoms with E-state index >= 15 is 0 Å². The second-order valence-corrected chi connectivity index (χ2v) is 10.9. The van der Waals surface area contributed by atoms with Crippen LogP contribution in [0.3, 0.4) is 0 Å². The van der Waals surface area contributed by atoms with Crippen LogP contribution in [0.5, 0.6) is 11.5 Å². The first-order chi connectivity index (χ1) is 18.7. The molecule has 1 aliphatic rings. The molecule has 8 heteroatoms. The van der Waals surface area contributed by atoms with Crippen molar-refractivity contribution in [3.8, 4) is 22.6 Å². The molecule has 1 fully saturated rings. The lowest BCUT2D eigenvalue weighted by molar-refractivity contribution is -0.137. The number of carboxylic acids is 1. The Labute approximate surface area is 228 Å². The minimum Gasteiger partial charge on any atom is -0.496 e. The molecule has 204 valence electrons. The molecular formula is C31H34FN3O4. The summed E-state index contributed by atoms with van der Waals surface area (Å²) in [6.45, 7) is 4.52. The molecule has 0 radical (unpaired) electrons. The Morgan fingerprint density at radius 3 is 2.56 bits per heavy atom. The minimum atomic E-state index is -0.797. The molecule has 1 saturated carbocycles. The average Bonchev–Trinajstić information content (AvgIpc) is 3.75. The van der Waals surface area contributed by atoms with Gasteiger partial charge in [0.2, 0.25) is 0 Å². The summed E-state index contributed by atoms with van der Waals surface area (Å²) in [4.78, 5) is 14.3. The van der Waals surface area contributed by atoms with E-state index in [0.717, 1.165) is 29.5 Å². The summed E-state index contributed by atoms with van der Waals surface area (Å²) in [5.41, 5.74) is 12.3. The number of carboxylic acid groups (broad SMARTS) is 1. The Bertz CT molecular complexity index is 1380. The van der Waals surface area contributed by atoms with Gasteiger partial charge in [-0.05, 0) is 89.1 Å². The van der Waals surface area contributed by atoms with Gasteiger partial charge in [-0.3, -0.25) is 4.79 Å². The second kappa shape index (κ2) is 12.2. The second-order valence-electron chi connectivity index (χ2n) is 10.9. The van der Waals surface area contributed by atoms with Crippen LogP contribution in [0.15, 0.2) is 65.8 Å². The predicted octanol–water partition coefficient (Wildman–Crippen LogP) is 7.93. The maximum atomic E-state index is 14.9. The number of hydrogen-bond donors (Lipinski definition) is 1. The number of hydrogen-bond acceptors (Lipinski definition) is 4. The Morgan fingerprint density at radius 1 is 1.13 bits per heavy atom. The van der Waals surface area contributed by atoms with Crippen molar-refractivity contribution in [2.24, 2.45) is 16.4 Å². The van der Waals surface area contributed by atoms with E-state index in [0.29, 0.717) is 41.5 Å². The highest BCUT2D eigenvalue weighted by Crippen LogP contribution is 2.45. The highest BCUT2D eigenvalue weighted by molar-refractivity contribution is 5.71. The molecule has 0 aromatic heterocycles. The van der Waals surface area contributed by atoms with Crippen LogP contribution < -0.4 is 9.47 Å². The van der Waals surface area contributed by atoms with Crippen LogP contribution in [0.2, 0.25) is 0 Å². The van der Waals surface area contributed by atoms with Gasteiger partial charge in [0.1, 0.15) is 23.9 Å². The lowest BCUT2D eigenvalue weighted by Gasteiger charge is -2.25. The van der Waals surface area contributed by atoms with Gasteiger partial charge in [-0.2, -0.15) is 0 Å². The van der Waals surface area contributed by atoms with Crippen LogP contribution in [0.25, 0.3) is 21.6 Å². The number of azide groups is 1. The van der Waals surface area contributed by atoms with Crippen molar-refractivity contribution in [1.29, 1.82) is 0 Å². The molecule has 3 aromatic rings. The van der Waals surface area contributed by atoms with Gasteiger partial charge in [-0.25, -0.2) is 4.39 Å². The van der Waals surface area contributed by atoms with Crippen LogP contribution in [-0.2, 0) is 17.8 Å². The summed E-state index contributed by atoms with van der Waals surface area (Å²) in [6.07, 6.45) is 2.75. The first-order valence-corrected chi connectivity index (χ1v) is 13.1. The van der Waals surface area contributed by atoms with Gasteiger partial charge >= 0.3 is 5.97 Å². The van der Waals surface area contributed by atoms with E-state index < -0.39 is 5.97 Å². The van der Waals surface area contributed by atoms with Crippen LogP contribution in [0.4, 0.5) is 4.39 Å². The van der Waals surface area contributed by atoms with Crippen LogP contribution in [-0.4, -0.2) is 24.7 Å². The summed E-state index contributed by atoms with van der Waals surface area (Å²) >= 11 is 0. The van der Waals surface area contributed by atoms with E-state index in [2.05, 4.69) is 10.0 Å². The summed E-state index contributed by atoms with van der Waals surface area (Å²) in [7, 11) is 1.57. The van der Waals surface area contributed by atoms with Crippen molar-refractivity contribution in [3.63, 3.8) is 0 Å². The number of aliphatic carboxylic acids is 1. The third-order valence-electron chi connectivity index (χ3n) is 7.17. The Morgan fingerprint density at radius 2 is 1.90 bits per heavy atom. The topological polar surface area (TPSA) is 105 Å². The molecule has 39 heavy (non-hydrogen) atoms. The molecule has 0 spiro atoms. The molecular weight excluding hydrogens is 497 g/mol. The van der Waals surface area contributed by atoms with Gasteiger partial charge in [0.05, 0.1) is 13.5 Å². The Balaban J connectivity index is 1.65. The van der Waals surface area contributed by atoms with E-state index in [1.807, 2.05) is 50.2 Å². The molecule has 3 aromatic carbocycles.